The Bertz CT molecular complexity index is 457. The minimum atomic E-state index is -0.496. The second-order valence-corrected chi connectivity index (χ2v) is 9.42. The van der Waals surface area contributed by atoms with Crippen molar-refractivity contribution in [3.8, 4) is 0 Å². The van der Waals surface area contributed by atoms with Gasteiger partial charge in [-0.2, -0.15) is 0 Å². The molecule has 3 rings (SSSR count). The summed E-state index contributed by atoms with van der Waals surface area (Å²) in [6.07, 6.45) is 10.8. The molecule has 126 valence electrons. The molecule has 0 aromatic heterocycles. The van der Waals surface area contributed by atoms with Crippen molar-refractivity contribution in [2.75, 3.05) is 6.61 Å². The van der Waals surface area contributed by atoms with E-state index < -0.39 is 5.60 Å². The van der Waals surface area contributed by atoms with Crippen LogP contribution in [-0.2, 0) is 0 Å². The summed E-state index contributed by atoms with van der Waals surface area (Å²) in [5, 5.41) is 21.5. The van der Waals surface area contributed by atoms with Crippen LogP contribution in [-0.4, -0.2) is 22.4 Å². The van der Waals surface area contributed by atoms with Crippen LogP contribution in [0.3, 0.4) is 0 Å². The molecule has 0 bridgehead atoms. The van der Waals surface area contributed by atoms with E-state index in [1.54, 1.807) is 0 Å². The lowest BCUT2D eigenvalue weighted by Gasteiger charge is -2.65. The fourth-order valence-corrected chi connectivity index (χ4v) is 6.29. The monoisotopic (exact) mass is 306 g/mol. The standard InChI is InChI=1S/C20H34O2/c1-5-19(14-21)12-11-18(4)15(13-19)8-10-20(22)16(18)7-6-9-17(20,2)3/h5,15-16,21-22H,1,6-14H2,2-4H3/t15-,16-,18-,19+,20-/m0/s1. The molecule has 0 saturated heterocycles. The first-order valence-electron chi connectivity index (χ1n) is 9.20. The summed E-state index contributed by atoms with van der Waals surface area (Å²) in [7, 11) is 0. The summed E-state index contributed by atoms with van der Waals surface area (Å²) in [6, 6.07) is 0. The van der Waals surface area contributed by atoms with Crippen LogP contribution in [0, 0.1) is 28.1 Å². The maximum atomic E-state index is 11.6. The van der Waals surface area contributed by atoms with E-state index >= 15 is 0 Å². The van der Waals surface area contributed by atoms with Gasteiger partial charge < -0.3 is 10.2 Å². The van der Waals surface area contributed by atoms with E-state index in [0.29, 0.717) is 11.8 Å². The molecule has 0 aromatic rings. The number of hydrogen-bond acceptors (Lipinski definition) is 2. The Balaban J connectivity index is 1.93. The summed E-state index contributed by atoms with van der Waals surface area (Å²) in [6.45, 7) is 11.2. The Hall–Kier alpha value is -0.340. The lowest BCUT2D eigenvalue weighted by molar-refractivity contribution is -0.226. The van der Waals surface area contributed by atoms with Gasteiger partial charge in [-0.1, -0.05) is 33.3 Å². The van der Waals surface area contributed by atoms with E-state index in [9.17, 15) is 10.2 Å². The molecular weight excluding hydrogens is 272 g/mol. The van der Waals surface area contributed by atoms with E-state index in [-0.39, 0.29) is 22.9 Å². The first kappa shape index (κ1) is 16.5. The van der Waals surface area contributed by atoms with Crippen molar-refractivity contribution in [1.82, 2.24) is 0 Å². The molecule has 0 aliphatic heterocycles. The van der Waals surface area contributed by atoms with E-state index in [1.807, 2.05) is 6.08 Å². The first-order chi connectivity index (χ1) is 10.2. The van der Waals surface area contributed by atoms with Gasteiger partial charge in [0.2, 0.25) is 0 Å². The molecule has 5 atom stereocenters. The normalized spacial score (nSPS) is 50.8. The van der Waals surface area contributed by atoms with Gasteiger partial charge >= 0.3 is 0 Å². The second-order valence-electron chi connectivity index (χ2n) is 9.42. The number of hydrogen-bond donors (Lipinski definition) is 2. The summed E-state index contributed by atoms with van der Waals surface area (Å²) in [5.41, 5.74) is -0.312. The van der Waals surface area contributed by atoms with Gasteiger partial charge in [0.15, 0.2) is 0 Å². The van der Waals surface area contributed by atoms with Crippen molar-refractivity contribution >= 4 is 0 Å². The third kappa shape index (κ3) is 2.06. The second kappa shape index (κ2) is 5.08. The minimum Gasteiger partial charge on any atom is -0.395 e. The fraction of sp³-hybridized carbons (Fsp3) is 0.900. The summed E-state index contributed by atoms with van der Waals surface area (Å²) in [4.78, 5) is 0. The lowest BCUT2D eigenvalue weighted by atomic mass is 9.42. The third-order valence-corrected chi connectivity index (χ3v) is 8.21. The Labute approximate surface area is 136 Å². The van der Waals surface area contributed by atoms with E-state index in [1.165, 1.54) is 12.8 Å². The Morgan fingerprint density at radius 3 is 2.45 bits per heavy atom. The van der Waals surface area contributed by atoms with Crippen molar-refractivity contribution in [1.29, 1.82) is 0 Å². The van der Waals surface area contributed by atoms with Crippen LogP contribution in [0.1, 0.15) is 72.1 Å². The zero-order valence-electron chi connectivity index (χ0n) is 14.7. The number of fused-ring (bicyclic) bond motifs is 3. The van der Waals surface area contributed by atoms with Crippen molar-refractivity contribution in [3.05, 3.63) is 12.7 Å². The smallest absolute Gasteiger partial charge is 0.0731 e. The molecule has 3 saturated carbocycles. The van der Waals surface area contributed by atoms with Crippen molar-refractivity contribution in [3.63, 3.8) is 0 Å². The van der Waals surface area contributed by atoms with E-state index in [2.05, 4.69) is 27.4 Å². The highest BCUT2D eigenvalue weighted by Gasteiger charge is 2.63. The molecule has 0 unspecified atom stereocenters. The zero-order valence-corrected chi connectivity index (χ0v) is 14.7. The van der Waals surface area contributed by atoms with Crippen molar-refractivity contribution in [2.24, 2.45) is 28.1 Å². The topological polar surface area (TPSA) is 40.5 Å². The zero-order chi connectivity index (χ0) is 16.2. The summed E-state index contributed by atoms with van der Waals surface area (Å²) < 4.78 is 0. The SMILES string of the molecule is C=C[C@@]1(CO)CC[C@@]2(C)[C@@H](CC[C@]3(O)[C@H]2CCCC3(C)C)C1. The number of aliphatic hydroxyl groups excluding tert-OH is 1. The highest BCUT2D eigenvalue weighted by Crippen LogP contribution is 2.66. The molecule has 0 radical (unpaired) electrons. The van der Waals surface area contributed by atoms with Crippen LogP contribution in [0.15, 0.2) is 12.7 Å². The Morgan fingerprint density at radius 2 is 1.82 bits per heavy atom. The molecule has 2 nitrogen and oxygen atoms in total. The van der Waals surface area contributed by atoms with Crippen molar-refractivity contribution < 1.29 is 10.2 Å². The molecular formula is C20H34O2. The van der Waals surface area contributed by atoms with Gasteiger partial charge in [0.1, 0.15) is 0 Å². The average molecular weight is 306 g/mol. The van der Waals surface area contributed by atoms with Crippen LogP contribution in [0.5, 0.6) is 0 Å². The molecule has 22 heavy (non-hydrogen) atoms. The van der Waals surface area contributed by atoms with Gasteiger partial charge in [0.25, 0.3) is 0 Å². The van der Waals surface area contributed by atoms with Crippen LogP contribution >= 0.6 is 0 Å². The predicted molar refractivity (Wildman–Crippen MR) is 90.5 cm³/mol. The third-order valence-electron chi connectivity index (χ3n) is 8.21. The van der Waals surface area contributed by atoms with Crippen molar-refractivity contribution in [2.45, 2.75) is 77.7 Å². The molecule has 3 aliphatic rings. The first-order valence-corrected chi connectivity index (χ1v) is 9.20. The predicted octanol–water partition coefficient (Wildman–Crippen LogP) is 4.31. The summed E-state index contributed by atoms with van der Waals surface area (Å²) >= 11 is 0. The largest absolute Gasteiger partial charge is 0.395 e. The maximum Gasteiger partial charge on any atom is 0.0731 e. The van der Waals surface area contributed by atoms with Crippen LogP contribution in [0.4, 0.5) is 0 Å². The molecule has 3 fully saturated rings. The average Bonchev–Trinajstić information content (AvgIpc) is 2.49. The Kier molecular flexibility index (Phi) is 3.81. The molecule has 2 heteroatoms. The van der Waals surface area contributed by atoms with Gasteiger partial charge in [-0.05, 0) is 67.6 Å². The Morgan fingerprint density at radius 1 is 1.09 bits per heavy atom. The highest BCUT2D eigenvalue weighted by molar-refractivity contribution is 5.14. The van der Waals surface area contributed by atoms with E-state index in [0.717, 1.165) is 38.5 Å². The molecule has 0 aromatic carbocycles. The van der Waals surface area contributed by atoms with Crippen LogP contribution < -0.4 is 0 Å². The number of rotatable bonds is 2. The van der Waals surface area contributed by atoms with E-state index in [4.69, 9.17) is 0 Å². The number of aliphatic hydroxyl groups is 2. The van der Waals surface area contributed by atoms with Gasteiger partial charge in [0.05, 0.1) is 12.2 Å². The molecule has 0 heterocycles. The molecule has 0 spiro atoms. The van der Waals surface area contributed by atoms with Gasteiger partial charge in [-0.3, -0.25) is 0 Å². The lowest BCUT2D eigenvalue weighted by Crippen LogP contribution is -2.64. The highest BCUT2D eigenvalue weighted by atomic mass is 16.3. The fourth-order valence-electron chi connectivity index (χ4n) is 6.29. The molecule has 3 aliphatic carbocycles. The molecule has 2 N–H and O–H groups in total. The van der Waals surface area contributed by atoms with Crippen LogP contribution in [0.25, 0.3) is 0 Å². The van der Waals surface area contributed by atoms with Gasteiger partial charge in [0, 0.05) is 5.41 Å². The van der Waals surface area contributed by atoms with Gasteiger partial charge in [-0.15, -0.1) is 6.58 Å². The minimum absolute atomic E-state index is 0.0356. The molecule has 0 amide bonds. The maximum absolute atomic E-state index is 11.6. The van der Waals surface area contributed by atoms with Crippen LogP contribution in [0.2, 0.25) is 0 Å². The summed E-state index contributed by atoms with van der Waals surface area (Å²) in [5.74, 6) is 1.04. The quantitative estimate of drug-likeness (QED) is 0.746. The van der Waals surface area contributed by atoms with Gasteiger partial charge in [-0.25, -0.2) is 0 Å².